The number of quaternary nitrogens is 2. The lowest BCUT2D eigenvalue weighted by molar-refractivity contribution is -0.849. The first-order chi connectivity index (χ1) is 5.73. The Kier molecular flexibility index (Phi) is 16.7. The van der Waals surface area contributed by atoms with Gasteiger partial charge in [-0.15, -0.1) is 0 Å². The van der Waals surface area contributed by atoms with Crippen LogP contribution < -0.4 is 0 Å². The molecular formula is C11H34N3O+. The van der Waals surface area contributed by atoms with Gasteiger partial charge in [0.15, 0.2) is 0 Å². The highest BCUT2D eigenvalue weighted by Gasteiger charge is 1.88. The molecule has 4 nitrogen and oxygen atoms in total. The Morgan fingerprint density at radius 3 is 0.733 bits per heavy atom. The van der Waals surface area contributed by atoms with Crippen LogP contribution in [0.2, 0.25) is 0 Å². The lowest BCUT2D eigenvalue weighted by Gasteiger charge is -2.27. The van der Waals surface area contributed by atoms with E-state index in [9.17, 15) is 5.21 Å². The molecule has 0 radical (unpaired) electrons. The van der Waals surface area contributed by atoms with Crippen molar-refractivity contribution < 1.29 is 9.13 Å². The average molecular weight is 224 g/mol. The zero-order valence-corrected chi connectivity index (χ0v) is 11.7. The highest BCUT2D eigenvalue weighted by molar-refractivity contribution is 4.09. The average Bonchev–Trinajstić information content (AvgIpc) is 1.45. The molecule has 0 bridgehead atoms. The molecule has 0 N–H and O–H groups in total. The van der Waals surface area contributed by atoms with Crippen molar-refractivity contribution in [3.63, 3.8) is 0 Å². The summed E-state index contributed by atoms with van der Waals surface area (Å²) in [7, 11) is 19.2. The van der Waals surface area contributed by atoms with Gasteiger partial charge in [-0.3, -0.25) is 0 Å². The fourth-order valence-electron chi connectivity index (χ4n) is 0. The van der Waals surface area contributed by atoms with Gasteiger partial charge in [-0.25, -0.2) is 0 Å². The van der Waals surface area contributed by atoms with E-state index in [4.69, 9.17) is 0 Å². The van der Waals surface area contributed by atoms with Crippen LogP contribution in [0.15, 0.2) is 0 Å². The molecular weight excluding hydrogens is 190 g/mol. The summed E-state index contributed by atoms with van der Waals surface area (Å²) in [4.78, 5) is 2.00. The maximum Gasteiger partial charge on any atom is 0.0675 e. The lowest BCUT2D eigenvalue weighted by atomic mass is 10.8. The Balaban J connectivity index is -0.0000000590. The van der Waals surface area contributed by atoms with Crippen molar-refractivity contribution in [3.05, 3.63) is 5.21 Å². The van der Waals surface area contributed by atoms with Crippen molar-refractivity contribution in [2.45, 2.75) is 7.43 Å². The molecule has 0 heterocycles. The fraction of sp³-hybridized carbons (Fsp3) is 1.00. The Morgan fingerprint density at radius 1 is 0.733 bits per heavy atom. The topological polar surface area (TPSA) is 26.3 Å². The maximum absolute atomic E-state index is 10.0. The molecule has 0 unspecified atom stereocenters. The Morgan fingerprint density at radius 2 is 0.733 bits per heavy atom. The lowest BCUT2D eigenvalue weighted by Crippen LogP contribution is -2.27. The van der Waals surface area contributed by atoms with Gasteiger partial charge in [-0.1, -0.05) is 7.43 Å². The van der Waals surface area contributed by atoms with Crippen molar-refractivity contribution in [2.75, 3.05) is 70.5 Å². The van der Waals surface area contributed by atoms with Crippen LogP contribution in [0.25, 0.3) is 0 Å². The Bertz CT molecular complexity index is 85.2. The van der Waals surface area contributed by atoms with Gasteiger partial charge in [0.25, 0.3) is 0 Å². The molecule has 0 amide bonds. The largest absolute Gasteiger partial charge is 0.633 e. The van der Waals surface area contributed by atoms with Crippen molar-refractivity contribution in [1.82, 2.24) is 4.90 Å². The zero-order valence-electron chi connectivity index (χ0n) is 11.7. The summed E-state index contributed by atoms with van der Waals surface area (Å²) in [5.41, 5.74) is 0. The second-order valence-corrected chi connectivity index (χ2v) is 5.91. The predicted octanol–water partition coefficient (Wildman–Crippen LogP) is 1.33. The summed E-state index contributed by atoms with van der Waals surface area (Å²) in [5.74, 6) is 0. The standard InChI is InChI=1S/C4H12N.C3H9NO.C3H9N.CH4/c1-5(2,3)4;1-4(2,3)5;1-4(2)3;/h1-4H3;1-3H3;1-3H3;1H4/q+1;;;. The number of nitrogens with zero attached hydrogens (tertiary/aromatic N) is 3. The van der Waals surface area contributed by atoms with Crippen LogP contribution in [0.1, 0.15) is 7.43 Å². The van der Waals surface area contributed by atoms with E-state index in [0.717, 1.165) is 4.48 Å². The van der Waals surface area contributed by atoms with Gasteiger partial charge < -0.3 is 19.2 Å². The van der Waals surface area contributed by atoms with Crippen LogP contribution in [0.4, 0.5) is 0 Å². The van der Waals surface area contributed by atoms with Crippen molar-refractivity contribution in [2.24, 2.45) is 0 Å². The molecule has 0 aliphatic heterocycles. The van der Waals surface area contributed by atoms with Crippen molar-refractivity contribution in [3.8, 4) is 0 Å². The quantitative estimate of drug-likeness (QED) is 0.458. The van der Waals surface area contributed by atoms with Gasteiger partial charge in [0.05, 0.1) is 49.3 Å². The van der Waals surface area contributed by atoms with E-state index in [-0.39, 0.29) is 12.1 Å². The van der Waals surface area contributed by atoms with E-state index in [0.29, 0.717) is 0 Å². The van der Waals surface area contributed by atoms with E-state index < -0.39 is 0 Å². The van der Waals surface area contributed by atoms with Crippen LogP contribution >= 0.6 is 0 Å². The van der Waals surface area contributed by atoms with Gasteiger partial charge in [0.2, 0.25) is 0 Å². The summed E-state index contributed by atoms with van der Waals surface area (Å²) in [6, 6.07) is 0. The number of rotatable bonds is 0. The van der Waals surface area contributed by atoms with Crippen LogP contribution in [0, 0.1) is 5.21 Å². The second-order valence-electron chi connectivity index (χ2n) is 5.91. The van der Waals surface area contributed by atoms with E-state index in [1.807, 2.05) is 26.0 Å². The molecule has 0 aromatic rings. The number of hydroxylamine groups is 3. The number of hydrogen-bond donors (Lipinski definition) is 0. The van der Waals surface area contributed by atoms with Gasteiger partial charge >= 0.3 is 0 Å². The van der Waals surface area contributed by atoms with Gasteiger partial charge in [0.1, 0.15) is 0 Å². The first kappa shape index (κ1) is 24.2. The fourth-order valence-corrected chi connectivity index (χ4v) is 0. The van der Waals surface area contributed by atoms with E-state index in [2.05, 4.69) is 28.2 Å². The summed E-state index contributed by atoms with van der Waals surface area (Å²) >= 11 is 0. The Hall–Kier alpha value is -0.160. The summed E-state index contributed by atoms with van der Waals surface area (Å²) < 4.78 is 0.750. The minimum absolute atomic E-state index is 0. The molecule has 0 rings (SSSR count). The molecule has 0 aliphatic rings. The van der Waals surface area contributed by atoms with Crippen molar-refractivity contribution >= 4 is 0 Å². The number of hydrogen-bond acceptors (Lipinski definition) is 2. The minimum Gasteiger partial charge on any atom is -0.633 e. The first-order valence-corrected chi connectivity index (χ1v) is 4.65. The molecule has 0 atom stereocenters. The minimum atomic E-state index is -0.250. The first-order valence-electron chi connectivity index (χ1n) is 4.65. The summed E-state index contributed by atoms with van der Waals surface area (Å²) in [5, 5.41) is 10.0. The zero-order chi connectivity index (χ0) is 12.6. The molecule has 4 heteroatoms. The van der Waals surface area contributed by atoms with Crippen LogP contribution in [-0.2, 0) is 0 Å². The molecule has 0 spiro atoms. The third-order valence-corrected chi connectivity index (χ3v) is 0. The molecule has 0 aliphatic carbocycles. The maximum atomic E-state index is 10.0. The molecule has 0 aromatic carbocycles. The third kappa shape index (κ3) is 75800. The SMILES string of the molecule is C.CN(C)C.C[N+](C)(C)C.C[N+](C)(C)[O-]. The van der Waals surface area contributed by atoms with Crippen LogP contribution in [0.5, 0.6) is 0 Å². The van der Waals surface area contributed by atoms with E-state index in [1.54, 1.807) is 21.1 Å². The van der Waals surface area contributed by atoms with Crippen LogP contribution in [0.3, 0.4) is 0 Å². The van der Waals surface area contributed by atoms with Crippen LogP contribution in [-0.4, -0.2) is 84.5 Å². The van der Waals surface area contributed by atoms with Crippen molar-refractivity contribution in [1.29, 1.82) is 0 Å². The van der Waals surface area contributed by atoms with Gasteiger partial charge in [-0.2, -0.15) is 0 Å². The molecule has 0 aromatic heterocycles. The van der Waals surface area contributed by atoms with Gasteiger partial charge in [-0.05, 0) is 21.1 Å². The summed E-state index contributed by atoms with van der Waals surface area (Å²) in [6.45, 7) is 0. The molecule has 0 saturated heterocycles. The van der Waals surface area contributed by atoms with E-state index >= 15 is 0 Å². The van der Waals surface area contributed by atoms with Gasteiger partial charge in [0, 0.05) is 0 Å². The molecule has 0 saturated carbocycles. The predicted molar refractivity (Wildman–Crippen MR) is 71.7 cm³/mol. The smallest absolute Gasteiger partial charge is 0.0675 e. The molecule has 15 heavy (non-hydrogen) atoms. The normalized spacial score (nSPS) is 10.4. The highest BCUT2D eigenvalue weighted by Crippen LogP contribution is 1.77. The summed E-state index contributed by atoms with van der Waals surface area (Å²) in [6.07, 6.45) is 0. The van der Waals surface area contributed by atoms with E-state index in [1.165, 1.54) is 0 Å². The highest BCUT2D eigenvalue weighted by atomic mass is 16.5. The third-order valence-electron chi connectivity index (χ3n) is 0. The second kappa shape index (κ2) is 10.4. The monoisotopic (exact) mass is 224 g/mol. The molecule has 98 valence electrons. The molecule has 0 fully saturated rings. The Labute approximate surface area is 97.9 Å².